The summed E-state index contributed by atoms with van der Waals surface area (Å²) in [6, 6.07) is 13.0. The molecule has 0 fully saturated rings. The van der Waals surface area contributed by atoms with Crippen LogP contribution >= 0.6 is 0 Å². The molecule has 0 saturated heterocycles. The van der Waals surface area contributed by atoms with Crippen LogP contribution in [0.15, 0.2) is 73.1 Å². The molecule has 4 nitrogen and oxygen atoms in total. The van der Waals surface area contributed by atoms with Crippen LogP contribution in [0.2, 0.25) is 0 Å². The van der Waals surface area contributed by atoms with Gasteiger partial charge in [0.05, 0.1) is 16.8 Å². The van der Waals surface area contributed by atoms with Crippen molar-refractivity contribution in [1.82, 2.24) is 9.97 Å². The van der Waals surface area contributed by atoms with E-state index >= 15 is 0 Å². The maximum absolute atomic E-state index is 13.2. The quantitative estimate of drug-likeness (QED) is 0.206. The van der Waals surface area contributed by atoms with Crippen LogP contribution in [0.25, 0.3) is 28.1 Å². The van der Waals surface area contributed by atoms with Gasteiger partial charge in [-0.2, -0.15) is 17.6 Å². The number of aromatic nitrogens is 2. The fraction of sp³-hybridized carbons (Fsp3) is 0.0800. The topological polar surface area (TPSA) is 54.9 Å². The Morgan fingerprint density at radius 2 is 1.76 bits per heavy atom. The minimum absolute atomic E-state index is 0.189. The van der Waals surface area contributed by atoms with Crippen molar-refractivity contribution in [2.45, 2.75) is 13.1 Å². The molecule has 4 rings (SSSR count). The molecule has 4 aromatic rings. The number of pyridine rings is 2. The maximum atomic E-state index is 13.2. The lowest BCUT2D eigenvalue weighted by molar-refractivity contribution is -0.137. The number of nitrogens with zero attached hydrogens (tertiary/aromatic N) is 2. The minimum atomic E-state index is -4.49. The largest absolute Gasteiger partial charge is 0.416 e. The van der Waals surface area contributed by atoms with Crippen molar-refractivity contribution in [3.63, 3.8) is 0 Å². The lowest BCUT2D eigenvalue weighted by atomic mass is 10.0. The van der Waals surface area contributed by atoms with Crippen LogP contribution in [-0.4, -0.2) is 15.8 Å². The summed E-state index contributed by atoms with van der Waals surface area (Å²) < 4.78 is 52.8. The highest BCUT2D eigenvalue weighted by molar-refractivity contribution is 6.01. The van der Waals surface area contributed by atoms with E-state index in [1.807, 2.05) is 0 Å². The number of alkyl halides is 3. The van der Waals surface area contributed by atoms with E-state index in [0.717, 1.165) is 17.7 Å². The van der Waals surface area contributed by atoms with Crippen LogP contribution in [-0.2, 0) is 11.0 Å². The van der Waals surface area contributed by atoms with Gasteiger partial charge in [-0.3, -0.25) is 9.78 Å². The Balaban J connectivity index is 1.88. The van der Waals surface area contributed by atoms with Crippen molar-refractivity contribution in [3.8, 4) is 11.1 Å². The Hall–Kier alpha value is -4.07. The Morgan fingerprint density at radius 1 is 0.970 bits per heavy atom. The molecule has 33 heavy (non-hydrogen) atoms. The van der Waals surface area contributed by atoms with Crippen LogP contribution in [0, 0.1) is 5.95 Å². The zero-order valence-electron chi connectivity index (χ0n) is 17.3. The zero-order valence-corrected chi connectivity index (χ0v) is 17.3. The van der Waals surface area contributed by atoms with Crippen LogP contribution in [0.1, 0.15) is 18.1 Å². The van der Waals surface area contributed by atoms with E-state index in [2.05, 4.69) is 15.3 Å². The molecule has 1 N–H and O–H groups in total. The molecule has 0 spiro atoms. The first kappa shape index (κ1) is 22.1. The summed E-state index contributed by atoms with van der Waals surface area (Å²) in [6.45, 7) is 1.39. The van der Waals surface area contributed by atoms with Crippen molar-refractivity contribution in [2.75, 3.05) is 5.32 Å². The van der Waals surface area contributed by atoms with E-state index in [-0.39, 0.29) is 11.5 Å². The predicted octanol–water partition coefficient (Wildman–Crippen LogP) is 6.80. The summed E-state index contributed by atoms with van der Waals surface area (Å²) in [4.78, 5) is 19.6. The Kier molecular flexibility index (Phi) is 5.91. The summed E-state index contributed by atoms with van der Waals surface area (Å²) in [5.41, 5.74) is 2.40. The van der Waals surface area contributed by atoms with Crippen LogP contribution in [0.4, 0.5) is 28.9 Å². The third kappa shape index (κ3) is 5.06. The Labute approximate surface area is 186 Å². The van der Waals surface area contributed by atoms with Gasteiger partial charge in [-0.15, -0.1) is 0 Å². The molecule has 0 aliphatic rings. The Bertz CT molecular complexity index is 1360. The van der Waals surface area contributed by atoms with E-state index in [1.165, 1.54) is 43.6 Å². The molecule has 0 bridgehead atoms. The van der Waals surface area contributed by atoms with Gasteiger partial charge in [-0.25, -0.2) is 4.98 Å². The lowest BCUT2D eigenvalue weighted by Crippen LogP contribution is -2.05. The number of fused-ring (bicyclic) bond motifs is 1. The molecule has 0 amide bonds. The molecule has 0 aliphatic heterocycles. The number of hydrogen-bond donors (Lipinski definition) is 1. The first-order valence-corrected chi connectivity index (χ1v) is 9.88. The fourth-order valence-electron chi connectivity index (χ4n) is 3.32. The van der Waals surface area contributed by atoms with Gasteiger partial charge in [0.15, 0.2) is 5.78 Å². The van der Waals surface area contributed by atoms with Crippen LogP contribution in [0.5, 0.6) is 0 Å². The predicted molar refractivity (Wildman–Crippen MR) is 119 cm³/mol. The van der Waals surface area contributed by atoms with Crippen molar-refractivity contribution >= 4 is 34.1 Å². The first-order chi connectivity index (χ1) is 15.7. The number of ketones is 1. The number of nitrogens with one attached hydrogen (secondary N) is 1. The smallest absolute Gasteiger partial charge is 0.354 e. The van der Waals surface area contributed by atoms with Gasteiger partial charge >= 0.3 is 6.18 Å². The summed E-state index contributed by atoms with van der Waals surface area (Å²) in [6.07, 6.45) is 1.35. The molecular formula is C25H17F4N3O. The van der Waals surface area contributed by atoms with Gasteiger partial charge in [0, 0.05) is 34.6 Å². The van der Waals surface area contributed by atoms with Crippen molar-refractivity contribution in [2.24, 2.45) is 0 Å². The molecule has 0 radical (unpaired) electrons. The van der Waals surface area contributed by atoms with Gasteiger partial charge < -0.3 is 5.32 Å². The number of anilines is 2. The van der Waals surface area contributed by atoms with Crippen molar-refractivity contribution < 1.29 is 22.4 Å². The summed E-state index contributed by atoms with van der Waals surface area (Å²) in [7, 11) is 0. The highest BCUT2D eigenvalue weighted by Gasteiger charge is 2.30. The van der Waals surface area contributed by atoms with Crippen LogP contribution < -0.4 is 5.32 Å². The second kappa shape index (κ2) is 8.82. The number of benzene rings is 2. The van der Waals surface area contributed by atoms with Gasteiger partial charge in [0.25, 0.3) is 0 Å². The number of carbonyl (C=O) groups excluding carboxylic acids is 1. The summed E-state index contributed by atoms with van der Waals surface area (Å²) in [5, 5.41) is 3.67. The monoisotopic (exact) mass is 451 g/mol. The summed E-state index contributed by atoms with van der Waals surface area (Å²) in [5.74, 6) is -0.795. The standard InChI is InChI=1S/C25H17F4N3O/c1-15(33)5-6-18-14-30-22-9-7-16(17-8-10-23(26)31-13-17)11-21(22)24(18)32-20-4-2-3-19(12-20)25(27,28)29/h2-14H,1H3,(H,30,32)/b6-5+. The lowest BCUT2D eigenvalue weighted by Gasteiger charge is -2.15. The van der Waals surface area contributed by atoms with E-state index in [0.29, 0.717) is 27.7 Å². The van der Waals surface area contributed by atoms with Crippen molar-refractivity contribution in [3.05, 3.63) is 90.1 Å². The third-order valence-electron chi connectivity index (χ3n) is 4.91. The molecular weight excluding hydrogens is 434 g/mol. The molecule has 0 saturated carbocycles. The van der Waals surface area contributed by atoms with E-state index < -0.39 is 17.7 Å². The average Bonchev–Trinajstić information content (AvgIpc) is 2.78. The highest BCUT2D eigenvalue weighted by atomic mass is 19.4. The number of allylic oxidation sites excluding steroid dienone is 1. The number of hydrogen-bond acceptors (Lipinski definition) is 4. The molecule has 0 aliphatic carbocycles. The molecule has 2 aromatic heterocycles. The fourth-order valence-corrected chi connectivity index (χ4v) is 3.32. The highest BCUT2D eigenvalue weighted by Crippen LogP contribution is 2.35. The third-order valence-corrected chi connectivity index (χ3v) is 4.91. The summed E-state index contributed by atoms with van der Waals surface area (Å²) >= 11 is 0. The maximum Gasteiger partial charge on any atom is 0.416 e. The number of carbonyl (C=O) groups is 1. The van der Waals surface area contributed by atoms with E-state index in [4.69, 9.17) is 0 Å². The number of halogens is 4. The molecule has 166 valence electrons. The first-order valence-electron chi connectivity index (χ1n) is 9.88. The second-order valence-electron chi connectivity index (χ2n) is 7.34. The molecule has 0 atom stereocenters. The molecule has 2 aromatic carbocycles. The van der Waals surface area contributed by atoms with Crippen LogP contribution in [0.3, 0.4) is 0 Å². The molecule has 2 heterocycles. The minimum Gasteiger partial charge on any atom is -0.354 e. The Morgan fingerprint density at radius 3 is 2.45 bits per heavy atom. The van der Waals surface area contributed by atoms with Gasteiger partial charge in [-0.1, -0.05) is 12.1 Å². The zero-order chi connectivity index (χ0) is 23.6. The van der Waals surface area contributed by atoms with Gasteiger partial charge in [0.1, 0.15) is 0 Å². The van der Waals surface area contributed by atoms with E-state index in [1.54, 1.807) is 30.3 Å². The molecule has 8 heteroatoms. The number of rotatable bonds is 5. The molecule has 0 unspecified atom stereocenters. The van der Waals surface area contributed by atoms with Gasteiger partial charge in [0.2, 0.25) is 5.95 Å². The van der Waals surface area contributed by atoms with Crippen molar-refractivity contribution in [1.29, 1.82) is 0 Å². The second-order valence-corrected chi connectivity index (χ2v) is 7.34. The van der Waals surface area contributed by atoms with E-state index in [9.17, 15) is 22.4 Å². The normalized spacial score (nSPS) is 11.8. The SMILES string of the molecule is CC(=O)/C=C/c1cnc2ccc(-c3ccc(F)nc3)cc2c1Nc1cccc(C(F)(F)F)c1. The average molecular weight is 451 g/mol. The van der Waals surface area contributed by atoms with Gasteiger partial charge in [-0.05, 0) is 67.1 Å².